The normalized spacial score (nSPS) is 12.5. The van der Waals surface area contributed by atoms with E-state index >= 15 is 0 Å². The van der Waals surface area contributed by atoms with Gasteiger partial charge in [-0.3, -0.25) is 9.59 Å². The van der Waals surface area contributed by atoms with Crippen molar-refractivity contribution in [1.82, 2.24) is 15.1 Å². The molecular weight excluding hydrogens is 242 g/mol. The summed E-state index contributed by atoms with van der Waals surface area (Å²) in [5, 5.41) is 2.87. The Kier molecular flexibility index (Phi) is 6.00. The second-order valence-corrected chi connectivity index (χ2v) is 6.73. The molecule has 0 unspecified atom stereocenters. The number of nitrogens with zero attached hydrogens (tertiary/aromatic N) is 2. The van der Waals surface area contributed by atoms with E-state index in [0.717, 1.165) is 6.54 Å². The molecule has 0 saturated heterocycles. The van der Waals surface area contributed by atoms with Crippen LogP contribution in [0.5, 0.6) is 0 Å². The molecule has 0 aromatic heterocycles. The summed E-state index contributed by atoms with van der Waals surface area (Å²) in [5.41, 5.74) is -1.34. The number of hydrogen-bond donors (Lipinski definition) is 1. The molecule has 0 heterocycles. The molecule has 0 aromatic rings. The number of carbonyl (C=O) groups excluding carboxylic acids is 2. The average molecular weight is 271 g/mol. The van der Waals surface area contributed by atoms with Crippen molar-refractivity contribution >= 4 is 11.8 Å². The summed E-state index contributed by atoms with van der Waals surface area (Å²) >= 11 is 0. The summed E-state index contributed by atoms with van der Waals surface area (Å²) in [4.78, 5) is 28.0. The Balaban J connectivity index is 4.68. The first-order valence-electron chi connectivity index (χ1n) is 6.62. The summed E-state index contributed by atoms with van der Waals surface area (Å²) < 4.78 is 0. The minimum Gasteiger partial charge on any atom is -0.353 e. The van der Waals surface area contributed by atoms with E-state index in [9.17, 15) is 9.59 Å². The van der Waals surface area contributed by atoms with Crippen molar-refractivity contribution < 1.29 is 9.59 Å². The van der Waals surface area contributed by atoms with E-state index in [4.69, 9.17) is 0 Å². The predicted octanol–water partition coefficient (Wildman–Crippen LogP) is 0.947. The SMILES string of the molecule is CN(C)CCNC(=O)C(C)(C)N(C)C(=O)C(C)(C)C. The van der Waals surface area contributed by atoms with Crippen molar-refractivity contribution in [1.29, 1.82) is 0 Å². The molecule has 0 aliphatic heterocycles. The summed E-state index contributed by atoms with van der Waals surface area (Å²) in [6, 6.07) is 0. The van der Waals surface area contributed by atoms with Gasteiger partial charge in [-0.05, 0) is 27.9 Å². The summed E-state index contributed by atoms with van der Waals surface area (Å²) in [7, 11) is 5.58. The predicted molar refractivity (Wildman–Crippen MR) is 77.9 cm³/mol. The lowest BCUT2D eigenvalue weighted by molar-refractivity contribution is -0.149. The van der Waals surface area contributed by atoms with Gasteiger partial charge in [-0.2, -0.15) is 0 Å². The Morgan fingerprint density at radius 1 is 1.00 bits per heavy atom. The fourth-order valence-electron chi connectivity index (χ4n) is 1.52. The van der Waals surface area contributed by atoms with Crippen LogP contribution in [-0.2, 0) is 9.59 Å². The van der Waals surface area contributed by atoms with Crippen molar-refractivity contribution in [3.8, 4) is 0 Å². The molecular formula is C14H29N3O2. The monoisotopic (exact) mass is 271 g/mol. The van der Waals surface area contributed by atoms with E-state index in [1.165, 1.54) is 4.90 Å². The van der Waals surface area contributed by atoms with Crippen LogP contribution in [0.4, 0.5) is 0 Å². The van der Waals surface area contributed by atoms with Crippen LogP contribution in [0.2, 0.25) is 0 Å². The quantitative estimate of drug-likeness (QED) is 0.810. The number of amides is 2. The molecule has 0 aliphatic carbocycles. The zero-order valence-electron chi connectivity index (χ0n) is 13.6. The third kappa shape index (κ3) is 5.19. The third-order valence-corrected chi connectivity index (χ3v) is 3.19. The molecule has 1 N–H and O–H groups in total. The van der Waals surface area contributed by atoms with E-state index < -0.39 is 11.0 Å². The summed E-state index contributed by atoms with van der Waals surface area (Å²) in [5.74, 6) is -0.172. The van der Waals surface area contributed by atoms with Crippen LogP contribution >= 0.6 is 0 Å². The van der Waals surface area contributed by atoms with Crippen LogP contribution in [0.25, 0.3) is 0 Å². The van der Waals surface area contributed by atoms with E-state index in [2.05, 4.69) is 5.32 Å². The van der Waals surface area contributed by atoms with E-state index in [0.29, 0.717) is 6.54 Å². The molecule has 5 heteroatoms. The molecule has 0 aliphatic rings. The van der Waals surface area contributed by atoms with Crippen molar-refractivity contribution in [2.45, 2.75) is 40.2 Å². The highest BCUT2D eigenvalue weighted by atomic mass is 16.2. The molecule has 112 valence electrons. The molecule has 0 bridgehead atoms. The van der Waals surface area contributed by atoms with Crippen LogP contribution in [0.1, 0.15) is 34.6 Å². The van der Waals surface area contributed by atoms with Gasteiger partial charge in [0, 0.05) is 25.6 Å². The van der Waals surface area contributed by atoms with Crippen molar-refractivity contribution in [2.24, 2.45) is 5.41 Å². The van der Waals surface area contributed by atoms with Crippen LogP contribution in [-0.4, -0.2) is 61.4 Å². The lowest BCUT2D eigenvalue weighted by Gasteiger charge is -2.38. The molecule has 2 amide bonds. The first-order chi connectivity index (χ1) is 8.40. The summed E-state index contributed by atoms with van der Waals surface area (Å²) in [6.45, 7) is 10.4. The molecule has 5 nitrogen and oxygen atoms in total. The maximum atomic E-state index is 12.2. The minimum atomic E-state index is -0.851. The Bertz CT molecular complexity index is 330. The van der Waals surface area contributed by atoms with E-state index in [1.54, 1.807) is 20.9 Å². The Hall–Kier alpha value is -1.10. The maximum absolute atomic E-state index is 12.2. The standard InChI is InChI=1S/C14H29N3O2/c1-13(2,3)12(19)17(8)14(4,5)11(18)15-9-10-16(6)7/h9-10H2,1-8H3,(H,15,18). The molecule has 0 spiro atoms. The number of carbonyl (C=O) groups is 2. The van der Waals surface area contributed by atoms with Gasteiger partial charge in [0.15, 0.2) is 0 Å². The zero-order valence-corrected chi connectivity index (χ0v) is 13.6. The first-order valence-corrected chi connectivity index (χ1v) is 6.62. The number of rotatable bonds is 5. The van der Waals surface area contributed by atoms with Crippen LogP contribution in [0.3, 0.4) is 0 Å². The van der Waals surface area contributed by atoms with Gasteiger partial charge in [0.1, 0.15) is 5.54 Å². The van der Waals surface area contributed by atoms with Crippen LogP contribution < -0.4 is 5.32 Å². The largest absolute Gasteiger partial charge is 0.353 e. The summed E-state index contributed by atoms with van der Waals surface area (Å²) in [6.07, 6.45) is 0. The molecule has 0 aromatic carbocycles. The molecule has 0 radical (unpaired) electrons. The van der Waals surface area contributed by atoms with Gasteiger partial charge in [0.25, 0.3) is 0 Å². The Morgan fingerprint density at radius 2 is 1.47 bits per heavy atom. The van der Waals surface area contributed by atoms with Gasteiger partial charge in [-0.25, -0.2) is 0 Å². The number of hydrogen-bond acceptors (Lipinski definition) is 3. The highest BCUT2D eigenvalue weighted by molar-refractivity contribution is 5.92. The fourth-order valence-corrected chi connectivity index (χ4v) is 1.52. The fraction of sp³-hybridized carbons (Fsp3) is 0.857. The van der Waals surface area contributed by atoms with Gasteiger partial charge in [0.05, 0.1) is 0 Å². The topological polar surface area (TPSA) is 52.7 Å². The number of likely N-dealkylation sites (N-methyl/N-ethyl adjacent to an activating group) is 2. The molecule has 0 atom stereocenters. The van der Waals surface area contributed by atoms with E-state index in [-0.39, 0.29) is 11.8 Å². The second-order valence-electron chi connectivity index (χ2n) is 6.73. The Morgan fingerprint density at radius 3 is 1.84 bits per heavy atom. The minimum absolute atomic E-state index is 0.0414. The first kappa shape index (κ1) is 17.9. The van der Waals surface area contributed by atoms with Gasteiger partial charge in [-0.1, -0.05) is 20.8 Å². The van der Waals surface area contributed by atoms with Gasteiger partial charge < -0.3 is 15.1 Å². The van der Waals surface area contributed by atoms with Crippen LogP contribution in [0.15, 0.2) is 0 Å². The molecule has 19 heavy (non-hydrogen) atoms. The molecule has 0 saturated carbocycles. The molecule has 0 rings (SSSR count). The zero-order chi connectivity index (χ0) is 15.4. The van der Waals surface area contributed by atoms with Crippen molar-refractivity contribution in [3.63, 3.8) is 0 Å². The Labute approximate surface area is 117 Å². The maximum Gasteiger partial charge on any atom is 0.245 e. The highest BCUT2D eigenvalue weighted by Gasteiger charge is 2.38. The third-order valence-electron chi connectivity index (χ3n) is 3.19. The van der Waals surface area contributed by atoms with Crippen molar-refractivity contribution in [3.05, 3.63) is 0 Å². The van der Waals surface area contributed by atoms with Crippen LogP contribution in [0, 0.1) is 5.41 Å². The van der Waals surface area contributed by atoms with Gasteiger partial charge in [0.2, 0.25) is 11.8 Å². The average Bonchev–Trinajstić information content (AvgIpc) is 2.24. The molecule has 0 fully saturated rings. The lowest BCUT2D eigenvalue weighted by Crippen LogP contribution is -2.58. The van der Waals surface area contributed by atoms with E-state index in [1.807, 2.05) is 39.8 Å². The lowest BCUT2D eigenvalue weighted by atomic mass is 9.91. The highest BCUT2D eigenvalue weighted by Crippen LogP contribution is 2.22. The second kappa shape index (κ2) is 6.37. The number of nitrogens with one attached hydrogen (secondary N) is 1. The van der Waals surface area contributed by atoms with Crippen molar-refractivity contribution in [2.75, 3.05) is 34.2 Å². The smallest absolute Gasteiger partial charge is 0.245 e. The van der Waals surface area contributed by atoms with Gasteiger partial charge in [-0.15, -0.1) is 0 Å². The van der Waals surface area contributed by atoms with Gasteiger partial charge >= 0.3 is 0 Å².